The molecule has 0 aromatic heterocycles. The number of hydrogen-bond donors (Lipinski definition) is 1. The van der Waals surface area contributed by atoms with Gasteiger partial charge in [0.2, 0.25) is 0 Å². The highest BCUT2D eigenvalue weighted by atomic mass is 35.5. The van der Waals surface area contributed by atoms with Gasteiger partial charge in [-0.15, -0.1) is 0 Å². The van der Waals surface area contributed by atoms with Gasteiger partial charge in [0.15, 0.2) is 0 Å². The summed E-state index contributed by atoms with van der Waals surface area (Å²) in [7, 11) is 1.35. The van der Waals surface area contributed by atoms with Crippen molar-refractivity contribution < 1.29 is 14.3 Å². The van der Waals surface area contributed by atoms with E-state index in [1.807, 2.05) is 6.92 Å². The number of methoxy groups -OCH3 is 1. The number of rotatable bonds is 3. The van der Waals surface area contributed by atoms with E-state index < -0.39 is 5.97 Å². The van der Waals surface area contributed by atoms with Crippen molar-refractivity contribution in [1.29, 1.82) is 0 Å². The van der Waals surface area contributed by atoms with Crippen LogP contribution in [0.25, 0.3) is 0 Å². The van der Waals surface area contributed by atoms with Gasteiger partial charge in [0.1, 0.15) is 0 Å². The van der Waals surface area contributed by atoms with Crippen molar-refractivity contribution in [1.82, 2.24) is 0 Å². The Bertz CT molecular complexity index is 536. The van der Waals surface area contributed by atoms with E-state index in [1.54, 1.807) is 12.1 Å². The third kappa shape index (κ3) is 3.24. The van der Waals surface area contributed by atoms with Gasteiger partial charge >= 0.3 is 5.97 Å². The maximum atomic E-state index is 12.1. The summed E-state index contributed by atoms with van der Waals surface area (Å²) in [6, 6.07) is 3.45. The molecule has 0 amide bonds. The standard InChI is InChI=1S/C15H21ClN2O3/c1-4-11-8-21-9(2)7-18(11)14-12(15(19)20-3)5-10(17)6-13(14)16/h5-6,9,11H,4,7-8,17H2,1-3H3. The Kier molecular flexibility index (Phi) is 4.96. The second-order valence-corrected chi connectivity index (χ2v) is 5.66. The largest absolute Gasteiger partial charge is 0.465 e. The van der Waals surface area contributed by atoms with Crippen molar-refractivity contribution in [2.24, 2.45) is 0 Å². The zero-order valence-corrected chi connectivity index (χ0v) is 13.3. The molecule has 2 N–H and O–H groups in total. The molecule has 0 aliphatic carbocycles. The number of ether oxygens (including phenoxy) is 2. The van der Waals surface area contributed by atoms with Crippen LogP contribution in [0.5, 0.6) is 0 Å². The molecule has 0 bridgehead atoms. The van der Waals surface area contributed by atoms with Gasteiger partial charge in [-0.05, 0) is 25.5 Å². The molecule has 1 heterocycles. The fourth-order valence-electron chi connectivity index (χ4n) is 2.63. The monoisotopic (exact) mass is 312 g/mol. The smallest absolute Gasteiger partial charge is 0.340 e. The molecule has 1 aliphatic heterocycles. The van der Waals surface area contributed by atoms with Crippen LogP contribution in [0.15, 0.2) is 12.1 Å². The minimum Gasteiger partial charge on any atom is -0.465 e. The first kappa shape index (κ1) is 15.9. The third-order valence-electron chi connectivity index (χ3n) is 3.72. The Balaban J connectivity index is 2.52. The predicted octanol–water partition coefficient (Wildman–Crippen LogP) is 2.71. The Hall–Kier alpha value is -1.46. The molecular formula is C15H21ClN2O3. The predicted molar refractivity (Wildman–Crippen MR) is 84.0 cm³/mol. The van der Waals surface area contributed by atoms with Crippen molar-refractivity contribution in [3.8, 4) is 0 Å². The summed E-state index contributed by atoms with van der Waals surface area (Å²) in [6.45, 7) is 5.37. The molecule has 5 nitrogen and oxygen atoms in total. The van der Waals surface area contributed by atoms with Crippen molar-refractivity contribution in [3.63, 3.8) is 0 Å². The van der Waals surface area contributed by atoms with E-state index in [4.69, 9.17) is 26.8 Å². The first-order valence-corrected chi connectivity index (χ1v) is 7.41. The van der Waals surface area contributed by atoms with E-state index in [1.165, 1.54) is 7.11 Å². The molecule has 2 atom stereocenters. The molecule has 1 saturated heterocycles. The first-order chi connectivity index (χ1) is 9.97. The summed E-state index contributed by atoms with van der Waals surface area (Å²) in [5.74, 6) is -0.437. The summed E-state index contributed by atoms with van der Waals surface area (Å²) in [4.78, 5) is 14.2. The molecular weight excluding hydrogens is 292 g/mol. The number of nitrogen functional groups attached to an aromatic ring is 1. The zero-order valence-electron chi connectivity index (χ0n) is 12.6. The lowest BCUT2D eigenvalue weighted by Crippen LogP contribution is -2.49. The highest BCUT2D eigenvalue weighted by Crippen LogP contribution is 2.36. The topological polar surface area (TPSA) is 64.8 Å². The van der Waals surface area contributed by atoms with Gasteiger partial charge in [0, 0.05) is 12.2 Å². The third-order valence-corrected chi connectivity index (χ3v) is 4.01. The molecule has 1 fully saturated rings. The van der Waals surface area contributed by atoms with Crippen molar-refractivity contribution in [3.05, 3.63) is 22.7 Å². The molecule has 116 valence electrons. The second kappa shape index (κ2) is 6.54. The zero-order chi connectivity index (χ0) is 15.6. The van der Waals surface area contributed by atoms with Crippen molar-refractivity contribution in [2.45, 2.75) is 32.4 Å². The first-order valence-electron chi connectivity index (χ1n) is 7.03. The molecule has 0 spiro atoms. The number of hydrogen-bond acceptors (Lipinski definition) is 5. The summed E-state index contributed by atoms with van der Waals surface area (Å²) in [5, 5.41) is 0.461. The number of benzene rings is 1. The summed E-state index contributed by atoms with van der Waals surface area (Å²) < 4.78 is 10.6. The van der Waals surface area contributed by atoms with Crippen LogP contribution in [-0.4, -0.2) is 38.4 Å². The molecule has 2 rings (SSSR count). The molecule has 1 aromatic carbocycles. The number of anilines is 2. The summed E-state index contributed by atoms with van der Waals surface area (Å²) >= 11 is 6.37. The van der Waals surface area contributed by atoms with Crippen LogP contribution in [0.4, 0.5) is 11.4 Å². The van der Waals surface area contributed by atoms with E-state index in [9.17, 15) is 4.79 Å². The quantitative estimate of drug-likeness (QED) is 0.686. The maximum Gasteiger partial charge on any atom is 0.340 e. The lowest BCUT2D eigenvalue weighted by molar-refractivity contribution is 0.0297. The van der Waals surface area contributed by atoms with Gasteiger partial charge in [-0.1, -0.05) is 18.5 Å². The highest BCUT2D eigenvalue weighted by molar-refractivity contribution is 6.34. The fourth-order valence-corrected chi connectivity index (χ4v) is 2.97. The Morgan fingerprint density at radius 1 is 1.57 bits per heavy atom. The van der Waals surface area contributed by atoms with Gasteiger partial charge < -0.3 is 20.1 Å². The van der Waals surface area contributed by atoms with E-state index in [-0.39, 0.29) is 12.1 Å². The van der Waals surface area contributed by atoms with E-state index in [0.29, 0.717) is 35.1 Å². The number of carbonyl (C=O) groups is 1. The lowest BCUT2D eigenvalue weighted by Gasteiger charge is -2.41. The highest BCUT2D eigenvalue weighted by Gasteiger charge is 2.30. The van der Waals surface area contributed by atoms with Crippen LogP contribution in [0.1, 0.15) is 30.6 Å². The number of halogens is 1. The Morgan fingerprint density at radius 3 is 2.90 bits per heavy atom. The average molecular weight is 313 g/mol. The van der Waals surface area contributed by atoms with Crippen LogP contribution in [0.2, 0.25) is 5.02 Å². The van der Waals surface area contributed by atoms with E-state index in [0.717, 1.165) is 6.42 Å². The number of morpholine rings is 1. The Labute approximate surface area is 130 Å². The van der Waals surface area contributed by atoms with E-state index in [2.05, 4.69) is 11.8 Å². The van der Waals surface area contributed by atoms with Gasteiger partial charge in [-0.25, -0.2) is 4.79 Å². The van der Waals surface area contributed by atoms with Gasteiger partial charge in [0.05, 0.1) is 42.1 Å². The van der Waals surface area contributed by atoms with Gasteiger partial charge in [-0.3, -0.25) is 0 Å². The molecule has 0 radical (unpaired) electrons. The lowest BCUT2D eigenvalue weighted by atomic mass is 10.0. The second-order valence-electron chi connectivity index (χ2n) is 5.25. The van der Waals surface area contributed by atoms with Crippen LogP contribution >= 0.6 is 11.6 Å². The van der Waals surface area contributed by atoms with Crippen molar-refractivity contribution >= 4 is 28.9 Å². The molecule has 21 heavy (non-hydrogen) atoms. The molecule has 1 aliphatic rings. The minimum atomic E-state index is -0.437. The van der Waals surface area contributed by atoms with E-state index >= 15 is 0 Å². The summed E-state index contributed by atoms with van der Waals surface area (Å²) in [6.07, 6.45) is 0.973. The van der Waals surface area contributed by atoms with Crippen LogP contribution in [0.3, 0.4) is 0 Å². The minimum absolute atomic E-state index is 0.0758. The van der Waals surface area contributed by atoms with Crippen LogP contribution in [-0.2, 0) is 9.47 Å². The normalized spacial score (nSPS) is 22.2. The number of esters is 1. The molecule has 6 heteroatoms. The number of carbonyl (C=O) groups excluding carboxylic acids is 1. The van der Waals surface area contributed by atoms with Crippen LogP contribution < -0.4 is 10.6 Å². The van der Waals surface area contributed by atoms with Crippen LogP contribution in [0, 0.1) is 0 Å². The fraction of sp³-hybridized carbons (Fsp3) is 0.533. The Morgan fingerprint density at radius 2 is 2.29 bits per heavy atom. The molecule has 1 aromatic rings. The number of nitrogens with two attached hydrogens (primary N) is 1. The average Bonchev–Trinajstić information content (AvgIpc) is 2.45. The maximum absolute atomic E-state index is 12.1. The van der Waals surface area contributed by atoms with Crippen molar-refractivity contribution in [2.75, 3.05) is 30.9 Å². The van der Waals surface area contributed by atoms with Gasteiger partial charge in [-0.2, -0.15) is 0 Å². The SMILES string of the molecule is CCC1COC(C)CN1c1c(Cl)cc(N)cc1C(=O)OC. The van der Waals surface area contributed by atoms with Gasteiger partial charge in [0.25, 0.3) is 0 Å². The molecule has 2 unspecified atom stereocenters. The summed E-state index contributed by atoms with van der Waals surface area (Å²) in [5.41, 5.74) is 7.33. The number of nitrogens with zero attached hydrogens (tertiary/aromatic N) is 1. The molecule has 0 saturated carbocycles.